The zero-order valence-electron chi connectivity index (χ0n) is 12.0. The smallest absolute Gasteiger partial charge is 0.261 e. The lowest BCUT2D eigenvalue weighted by Crippen LogP contribution is -2.38. The van der Waals surface area contributed by atoms with Gasteiger partial charge in [-0.3, -0.25) is 9.59 Å². The van der Waals surface area contributed by atoms with Gasteiger partial charge in [0, 0.05) is 13.5 Å². The van der Waals surface area contributed by atoms with E-state index in [1.54, 1.807) is 30.1 Å². The molecule has 0 saturated carbocycles. The number of likely N-dealkylation sites (N-methyl/N-ethyl adjacent to an activating group) is 1. The van der Waals surface area contributed by atoms with Gasteiger partial charge in [-0.05, 0) is 29.1 Å². The highest BCUT2D eigenvalue weighted by atomic mass is 32.1. The number of hydrogen-bond donors (Lipinski definition) is 1. The molecule has 2 heterocycles. The molecule has 22 heavy (non-hydrogen) atoms. The summed E-state index contributed by atoms with van der Waals surface area (Å²) in [6, 6.07) is 8.98. The topological polar surface area (TPSA) is 49.4 Å². The van der Waals surface area contributed by atoms with Gasteiger partial charge in [-0.1, -0.05) is 18.2 Å². The minimum absolute atomic E-state index is 0.0363. The number of likely N-dealkylation sites (tertiary alicyclic amines) is 1. The fourth-order valence-corrected chi connectivity index (χ4v) is 3.39. The maximum atomic E-state index is 13.1. The molecule has 3 rings (SSSR count). The Morgan fingerprint density at radius 2 is 2.05 bits per heavy atom. The third-order valence-corrected chi connectivity index (χ3v) is 4.73. The molecule has 1 N–H and O–H groups in total. The molecule has 6 heteroatoms. The van der Waals surface area contributed by atoms with Crippen LogP contribution in [0.5, 0.6) is 0 Å². The molecular formula is C16H15FN2O2S. The number of nitrogens with one attached hydrogen (secondary N) is 1. The van der Waals surface area contributed by atoms with Crippen molar-refractivity contribution in [2.75, 3.05) is 7.05 Å². The Kier molecular flexibility index (Phi) is 3.94. The Labute approximate surface area is 131 Å². The lowest BCUT2D eigenvalue weighted by molar-refractivity contribution is -0.127. The van der Waals surface area contributed by atoms with Crippen molar-refractivity contribution in [2.45, 2.75) is 18.5 Å². The second kappa shape index (κ2) is 5.88. The summed E-state index contributed by atoms with van der Waals surface area (Å²) in [5.41, 5.74) is 0.811. The molecule has 1 aromatic heterocycles. The first-order valence-electron chi connectivity index (χ1n) is 6.92. The number of carbonyl (C=O) groups excluding carboxylic acids is 2. The van der Waals surface area contributed by atoms with Crippen molar-refractivity contribution < 1.29 is 14.0 Å². The number of amides is 2. The van der Waals surface area contributed by atoms with Gasteiger partial charge in [0.1, 0.15) is 5.82 Å². The minimum Gasteiger partial charge on any atom is -0.346 e. The molecule has 0 bridgehead atoms. The van der Waals surface area contributed by atoms with Gasteiger partial charge in [0.2, 0.25) is 5.91 Å². The van der Waals surface area contributed by atoms with Crippen molar-refractivity contribution in [1.29, 1.82) is 0 Å². The first-order chi connectivity index (χ1) is 10.6. The van der Waals surface area contributed by atoms with Crippen LogP contribution in [0, 0.1) is 5.82 Å². The van der Waals surface area contributed by atoms with E-state index >= 15 is 0 Å². The van der Waals surface area contributed by atoms with E-state index in [1.165, 1.54) is 23.5 Å². The van der Waals surface area contributed by atoms with Crippen LogP contribution in [0.3, 0.4) is 0 Å². The maximum Gasteiger partial charge on any atom is 0.261 e. The number of benzene rings is 1. The second-order valence-corrected chi connectivity index (χ2v) is 6.21. The molecule has 0 aliphatic carbocycles. The summed E-state index contributed by atoms with van der Waals surface area (Å²) in [6.45, 7) is 0. The van der Waals surface area contributed by atoms with Crippen molar-refractivity contribution in [2.24, 2.45) is 0 Å². The maximum absolute atomic E-state index is 13.1. The first kappa shape index (κ1) is 14.7. The van der Waals surface area contributed by atoms with Crippen molar-refractivity contribution in [3.63, 3.8) is 0 Å². The Balaban J connectivity index is 1.83. The molecule has 1 aliphatic rings. The lowest BCUT2D eigenvalue weighted by atomic mass is 10.00. The van der Waals surface area contributed by atoms with Gasteiger partial charge in [0.05, 0.1) is 17.0 Å². The van der Waals surface area contributed by atoms with Crippen molar-refractivity contribution in [3.05, 3.63) is 58.0 Å². The molecule has 1 fully saturated rings. The van der Waals surface area contributed by atoms with E-state index in [4.69, 9.17) is 0 Å². The Hall–Kier alpha value is -2.21. The van der Waals surface area contributed by atoms with Crippen molar-refractivity contribution in [1.82, 2.24) is 10.2 Å². The summed E-state index contributed by atoms with van der Waals surface area (Å²) < 4.78 is 13.1. The number of nitrogens with zero attached hydrogens (tertiary/aromatic N) is 1. The number of hydrogen-bond acceptors (Lipinski definition) is 3. The molecule has 1 saturated heterocycles. The van der Waals surface area contributed by atoms with E-state index in [0.717, 1.165) is 5.56 Å². The summed E-state index contributed by atoms with van der Waals surface area (Å²) in [5, 5.41) is 4.75. The third kappa shape index (κ3) is 2.74. The van der Waals surface area contributed by atoms with Gasteiger partial charge >= 0.3 is 0 Å². The second-order valence-electron chi connectivity index (χ2n) is 5.26. The molecule has 1 aromatic carbocycles. The highest BCUT2D eigenvalue weighted by Gasteiger charge is 2.39. The number of thiophene rings is 1. The highest BCUT2D eigenvalue weighted by molar-refractivity contribution is 7.12. The SMILES string of the molecule is CN1C(=O)C[C@@H](NC(=O)c2cccs2)[C@@H]1c1ccc(F)cc1. The van der Waals surface area contributed by atoms with E-state index in [-0.39, 0.29) is 36.1 Å². The molecule has 0 radical (unpaired) electrons. The zero-order chi connectivity index (χ0) is 15.7. The van der Waals surface area contributed by atoms with Crippen LogP contribution in [0.2, 0.25) is 0 Å². The van der Waals surface area contributed by atoms with Crippen LogP contribution in [-0.4, -0.2) is 29.8 Å². The quantitative estimate of drug-likeness (QED) is 0.945. The number of halogens is 1. The van der Waals surface area contributed by atoms with Gasteiger partial charge < -0.3 is 10.2 Å². The average Bonchev–Trinajstić information content (AvgIpc) is 3.11. The Morgan fingerprint density at radius 3 is 2.68 bits per heavy atom. The monoisotopic (exact) mass is 318 g/mol. The summed E-state index contributed by atoms with van der Waals surface area (Å²) >= 11 is 1.35. The Morgan fingerprint density at radius 1 is 1.32 bits per heavy atom. The fourth-order valence-electron chi connectivity index (χ4n) is 2.76. The molecule has 2 aromatic rings. The molecule has 1 aliphatic heterocycles. The van der Waals surface area contributed by atoms with Crippen LogP contribution in [0.4, 0.5) is 4.39 Å². The lowest BCUT2D eigenvalue weighted by Gasteiger charge is -2.25. The molecule has 4 nitrogen and oxygen atoms in total. The minimum atomic E-state index is -0.324. The highest BCUT2D eigenvalue weighted by Crippen LogP contribution is 2.32. The largest absolute Gasteiger partial charge is 0.346 e. The van der Waals surface area contributed by atoms with Gasteiger partial charge in [-0.15, -0.1) is 11.3 Å². The molecule has 2 amide bonds. The van der Waals surface area contributed by atoms with E-state index in [1.807, 2.05) is 11.4 Å². The summed E-state index contributed by atoms with van der Waals surface area (Å²) in [4.78, 5) is 26.4. The fraction of sp³-hybridized carbons (Fsp3) is 0.250. The first-order valence-corrected chi connectivity index (χ1v) is 7.79. The molecule has 0 spiro atoms. The van der Waals surface area contributed by atoms with Crippen LogP contribution < -0.4 is 5.32 Å². The Bertz CT molecular complexity index is 685. The third-order valence-electron chi connectivity index (χ3n) is 3.86. The van der Waals surface area contributed by atoms with Crippen molar-refractivity contribution in [3.8, 4) is 0 Å². The van der Waals surface area contributed by atoms with Gasteiger partial charge in [-0.25, -0.2) is 4.39 Å². The molecule has 114 valence electrons. The summed E-state index contributed by atoms with van der Waals surface area (Å²) in [7, 11) is 1.70. The normalized spacial score (nSPS) is 21.2. The summed E-state index contributed by atoms with van der Waals surface area (Å²) in [6.07, 6.45) is 0.246. The van der Waals surface area contributed by atoms with Gasteiger partial charge in [-0.2, -0.15) is 0 Å². The van der Waals surface area contributed by atoms with E-state index in [0.29, 0.717) is 4.88 Å². The van der Waals surface area contributed by atoms with Crippen LogP contribution in [0.15, 0.2) is 41.8 Å². The van der Waals surface area contributed by atoms with Crippen LogP contribution >= 0.6 is 11.3 Å². The van der Waals surface area contributed by atoms with Gasteiger partial charge in [0.15, 0.2) is 0 Å². The van der Waals surface area contributed by atoms with E-state index in [9.17, 15) is 14.0 Å². The molecule has 2 atom stereocenters. The average molecular weight is 318 g/mol. The van der Waals surface area contributed by atoms with Crippen molar-refractivity contribution >= 4 is 23.2 Å². The molecule has 0 unspecified atom stereocenters. The van der Waals surface area contributed by atoms with E-state index in [2.05, 4.69) is 5.32 Å². The van der Waals surface area contributed by atoms with Gasteiger partial charge in [0.25, 0.3) is 5.91 Å². The zero-order valence-corrected chi connectivity index (χ0v) is 12.8. The number of carbonyl (C=O) groups is 2. The predicted octanol–water partition coefficient (Wildman–Crippen LogP) is 2.59. The number of rotatable bonds is 3. The van der Waals surface area contributed by atoms with E-state index < -0.39 is 0 Å². The summed E-state index contributed by atoms with van der Waals surface area (Å²) in [5.74, 6) is -0.545. The molecular weight excluding hydrogens is 303 g/mol. The van der Waals surface area contributed by atoms with Crippen LogP contribution in [-0.2, 0) is 4.79 Å². The predicted molar refractivity (Wildman–Crippen MR) is 82.1 cm³/mol. The van der Waals surface area contributed by atoms with Crippen LogP contribution in [0.1, 0.15) is 27.7 Å². The van der Waals surface area contributed by atoms with Crippen LogP contribution in [0.25, 0.3) is 0 Å². The standard InChI is InChI=1S/C16H15FN2O2S/c1-19-14(20)9-12(18-16(21)13-3-2-8-22-13)15(19)10-4-6-11(17)7-5-10/h2-8,12,15H,9H2,1H3,(H,18,21)/t12-,15+/m1/s1.